The molecule has 0 atom stereocenters. The Hall–Kier alpha value is -2.03. The average Bonchev–Trinajstić information content (AvgIpc) is 2.46. The SMILES string of the molecule is Cc1cc(N2CCCCCCC2)cc2ccc(C(=O)[O-])cc12. The first kappa shape index (κ1) is 14.9. The molecule has 0 radical (unpaired) electrons. The Morgan fingerprint density at radius 2 is 1.68 bits per heavy atom. The maximum absolute atomic E-state index is 11.0. The van der Waals surface area contributed by atoms with E-state index in [1.165, 1.54) is 37.8 Å². The molecule has 1 fully saturated rings. The Morgan fingerprint density at radius 1 is 1.00 bits per heavy atom. The summed E-state index contributed by atoms with van der Waals surface area (Å²) in [5, 5.41) is 13.1. The van der Waals surface area contributed by atoms with Crippen molar-refractivity contribution < 1.29 is 9.90 Å². The summed E-state index contributed by atoms with van der Waals surface area (Å²) in [7, 11) is 0. The van der Waals surface area contributed by atoms with Crippen LogP contribution in [0.3, 0.4) is 0 Å². The van der Waals surface area contributed by atoms with Gasteiger partial charge < -0.3 is 14.8 Å². The Bertz CT molecular complexity index is 685. The van der Waals surface area contributed by atoms with Crippen molar-refractivity contribution in [1.29, 1.82) is 0 Å². The predicted molar refractivity (Wildman–Crippen MR) is 88.3 cm³/mol. The van der Waals surface area contributed by atoms with Crippen molar-refractivity contribution >= 4 is 22.4 Å². The molecule has 116 valence electrons. The summed E-state index contributed by atoms with van der Waals surface area (Å²) in [5.74, 6) is -1.12. The van der Waals surface area contributed by atoms with Gasteiger partial charge in [0.2, 0.25) is 0 Å². The molecule has 0 aliphatic carbocycles. The highest BCUT2D eigenvalue weighted by atomic mass is 16.4. The molecule has 0 unspecified atom stereocenters. The van der Waals surface area contributed by atoms with Crippen molar-refractivity contribution in [3.63, 3.8) is 0 Å². The van der Waals surface area contributed by atoms with Gasteiger partial charge in [-0.3, -0.25) is 0 Å². The van der Waals surface area contributed by atoms with Crippen LogP contribution in [0.25, 0.3) is 10.8 Å². The standard InChI is InChI=1S/C19H23NO2/c1-14-11-17(20-9-5-3-2-4-6-10-20)12-15-7-8-16(19(21)22)13-18(14)15/h7-8,11-13H,2-6,9-10H2,1H3,(H,21,22)/p-1. The minimum Gasteiger partial charge on any atom is -0.545 e. The van der Waals surface area contributed by atoms with E-state index < -0.39 is 5.97 Å². The van der Waals surface area contributed by atoms with Crippen LogP contribution in [0.2, 0.25) is 0 Å². The smallest absolute Gasteiger partial charge is 0.0715 e. The summed E-state index contributed by atoms with van der Waals surface area (Å²) in [6, 6.07) is 9.61. The third-order valence-corrected chi connectivity index (χ3v) is 4.60. The van der Waals surface area contributed by atoms with Crippen LogP contribution in [-0.2, 0) is 0 Å². The van der Waals surface area contributed by atoms with Gasteiger partial charge in [-0.25, -0.2) is 0 Å². The Morgan fingerprint density at radius 3 is 2.36 bits per heavy atom. The van der Waals surface area contributed by atoms with Crippen molar-refractivity contribution in [3.8, 4) is 0 Å². The number of anilines is 1. The zero-order valence-corrected chi connectivity index (χ0v) is 13.1. The Kier molecular flexibility index (Phi) is 4.32. The number of nitrogens with zero attached hydrogens (tertiary/aromatic N) is 1. The van der Waals surface area contributed by atoms with Crippen molar-refractivity contribution in [2.75, 3.05) is 18.0 Å². The first-order valence-corrected chi connectivity index (χ1v) is 8.16. The van der Waals surface area contributed by atoms with Crippen LogP contribution in [0.4, 0.5) is 5.69 Å². The minimum atomic E-state index is -1.12. The quantitative estimate of drug-likeness (QED) is 0.854. The predicted octanol–water partition coefficient (Wildman–Crippen LogP) is 3.28. The topological polar surface area (TPSA) is 43.4 Å². The van der Waals surface area contributed by atoms with Crippen LogP contribution in [0, 0.1) is 6.92 Å². The fourth-order valence-corrected chi connectivity index (χ4v) is 3.34. The van der Waals surface area contributed by atoms with Crippen LogP contribution in [0.1, 0.15) is 48.0 Å². The summed E-state index contributed by atoms with van der Waals surface area (Å²) in [6.07, 6.45) is 6.49. The first-order valence-electron chi connectivity index (χ1n) is 8.16. The molecule has 3 nitrogen and oxygen atoms in total. The van der Waals surface area contributed by atoms with Crippen LogP contribution in [0.15, 0.2) is 30.3 Å². The summed E-state index contributed by atoms with van der Waals surface area (Å²) in [6.45, 7) is 4.28. The lowest BCUT2D eigenvalue weighted by Gasteiger charge is -2.27. The van der Waals surface area contributed by atoms with Gasteiger partial charge in [0.05, 0.1) is 5.97 Å². The van der Waals surface area contributed by atoms with Crippen LogP contribution >= 0.6 is 0 Å². The van der Waals surface area contributed by atoms with Crippen LogP contribution < -0.4 is 10.0 Å². The van der Waals surface area contributed by atoms with E-state index in [4.69, 9.17) is 0 Å². The van der Waals surface area contributed by atoms with Gasteiger partial charge in [0, 0.05) is 18.8 Å². The van der Waals surface area contributed by atoms with E-state index in [2.05, 4.69) is 24.0 Å². The number of carbonyl (C=O) groups is 1. The maximum atomic E-state index is 11.0. The number of aromatic carboxylic acids is 1. The van der Waals surface area contributed by atoms with E-state index in [9.17, 15) is 9.90 Å². The highest BCUT2D eigenvalue weighted by Gasteiger charge is 2.11. The molecule has 0 aromatic heterocycles. The molecule has 1 aliphatic rings. The van der Waals surface area contributed by atoms with Gasteiger partial charge in [-0.05, 0) is 59.9 Å². The molecular weight excluding hydrogens is 274 g/mol. The van der Waals surface area contributed by atoms with Crippen molar-refractivity contribution in [2.45, 2.75) is 39.0 Å². The number of hydrogen-bond acceptors (Lipinski definition) is 3. The second-order valence-corrected chi connectivity index (χ2v) is 6.24. The first-order chi connectivity index (χ1) is 10.6. The normalized spacial score (nSPS) is 16.3. The molecule has 3 rings (SSSR count). The lowest BCUT2D eigenvalue weighted by Crippen LogP contribution is -2.27. The van der Waals surface area contributed by atoms with E-state index in [-0.39, 0.29) is 5.56 Å². The molecule has 1 aliphatic heterocycles. The van der Waals surface area contributed by atoms with E-state index in [1.807, 2.05) is 6.07 Å². The lowest BCUT2D eigenvalue weighted by atomic mass is 10.0. The van der Waals surface area contributed by atoms with Crippen molar-refractivity contribution in [2.24, 2.45) is 0 Å². The molecule has 3 heteroatoms. The average molecular weight is 296 g/mol. The molecular formula is C19H22NO2-. The fourth-order valence-electron chi connectivity index (χ4n) is 3.34. The second-order valence-electron chi connectivity index (χ2n) is 6.24. The van der Waals surface area contributed by atoms with Gasteiger partial charge in [0.25, 0.3) is 0 Å². The van der Waals surface area contributed by atoms with Crippen molar-refractivity contribution in [3.05, 3.63) is 41.5 Å². The zero-order valence-electron chi connectivity index (χ0n) is 13.1. The van der Waals surface area contributed by atoms with E-state index in [1.54, 1.807) is 12.1 Å². The number of carboxylic acid groups (broad SMARTS) is 1. The number of carbonyl (C=O) groups excluding carboxylic acids is 1. The Balaban J connectivity index is 1.97. The van der Waals surface area contributed by atoms with Gasteiger partial charge in [0.1, 0.15) is 0 Å². The molecule has 0 N–H and O–H groups in total. The largest absolute Gasteiger partial charge is 0.545 e. The van der Waals surface area contributed by atoms with E-state index in [0.717, 1.165) is 29.4 Å². The van der Waals surface area contributed by atoms with Gasteiger partial charge in [-0.1, -0.05) is 31.4 Å². The lowest BCUT2D eigenvalue weighted by molar-refractivity contribution is -0.255. The van der Waals surface area contributed by atoms with Gasteiger partial charge in [-0.2, -0.15) is 0 Å². The molecule has 0 bridgehead atoms. The van der Waals surface area contributed by atoms with Gasteiger partial charge in [0.15, 0.2) is 0 Å². The molecule has 1 saturated heterocycles. The number of fused-ring (bicyclic) bond motifs is 1. The van der Waals surface area contributed by atoms with Gasteiger partial charge in [-0.15, -0.1) is 0 Å². The second kappa shape index (κ2) is 6.39. The van der Waals surface area contributed by atoms with Crippen molar-refractivity contribution in [1.82, 2.24) is 0 Å². The summed E-state index contributed by atoms with van der Waals surface area (Å²) >= 11 is 0. The molecule has 0 saturated carbocycles. The zero-order chi connectivity index (χ0) is 15.5. The third-order valence-electron chi connectivity index (χ3n) is 4.60. The molecule has 1 heterocycles. The fraction of sp³-hybridized carbons (Fsp3) is 0.421. The molecule has 0 spiro atoms. The monoisotopic (exact) mass is 296 g/mol. The summed E-state index contributed by atoms with van der Waals surface area (Å²) < 4.78 is 0. The van der Waals surface area contributed by atoms with Crippen LogP contribution in [0.5, 0.6) is 0 Å². The molecule has 2 aromatic rings. The number of rotatable bonds is 2. The highest BCUT2D eigenvalue weighted by Crippen LogP contribution is 2.28. The highest BCUT2D eigenvalue weighted by molar-refractivity contribution is 5.96. The maximum Gasteiger partial charge on any atom is 0.0715 e. The molecule has 22 heavy (non-hydrogen) atoms. The summed E-state index contributed by atoms with van der Waals surface area (Å²) in [5.41, 5.74) is 2.63. The van der Waals surface area contributed by atoms with Gasteiger partial charge >= 0.3 is 0 Å². The number of aryl methyl sites for hydroxylation is 1. The Labute approximate surface area is 131 Å². The van der Waals surface area contributed by atoms with E-state index in [0.29, 0.717) is 0 Å². The number of carboxylic acids is 1. The molecule has 0 amide bonds. The van der Waals surface area contributed by atoms with E-state index >= 15 is 0 Å². The summed E-state index contributed by atoms with van der Waals surface area (Å²) in [4.78, 5) is 13.5. The third kappa shape index (κ3) is 3.08. The molecule has 2 aromatic carbocycles. The van der Waals surface area contributed by atoms with Crippen LogP contribution in [-0.4, -0.2) is 19.1 Å². The minimum absolute atomic E-state index is 0.245. The number of hydrogen-bond donors (Lipinski definition) is 0. The number of benzene rings is 2.